The fraction of sp³-hybridized carbons (Fsp3) is 0.500. The Morgan fingerprint density at radius 1 is 1.16 bits per heavy atom. The van der Waals surface area contributed by atoms with Crippen molar-refractivity contribution in [2.75, 3.05) is 20.5 Å². The van der Waals surface area contributed by atoms with Gasteiger partial charge in [0.05, 0.1) is 25.7 Å². The summed E-state index contributed by atoms with van der Waals surface area (Å²) >= 11 is 1.55. The third kappa shape index (κ3) is 3.72. The van der Waals surface area contributed by atoms with Gasteiger partial charge in [-0.1, -0.05) is 12.1 Å². The molecule has 1 saturated carbocycles. The first-order valence-electron chi connectivity index (χ1n) is 7.81. The number of aliphatic hydroxyl groups is 1. The van der Waals surface area contributed by atoms with E-state index in [0.29, 0.717) is 5.56 Å². The van der Waals surface area contributed by atoms with E-state index in [1.54, 1.807) is 23.9 Å². The zero-order valence-corrected chi connectivity index (χ0v) is 15.5. The van der Waals surface area contributed by atoms with Crippen molar-refractivity contribution in [3.05, 3.63) is 29.8 Å². The molecule has 0 heterocycles. The summed E-state index contributed by atoms with van der Waals surface area (Å²) in [6.07, 6.45) is 1.62. The van der Waals surface area contributed by atoms with Crippen LogP contribution in [0.2, 0.25) is 0 Å². The molecule has 0 spiro atoms. The molecule has 0 bridgehead atoms. The number of esters is 2. The van der Waals surface area contributed by atoms with Gasteiger partial charge in [-0.15, -0.1) is 11.8 Å². The summed E-state index contributed by atoms with van der Waals surface area (Å²) in [4.78, 5) is 38.2. The maximum Gasteiger partial charge on any atom is 0.316 e. The highest BCUT2D eigenvalue weighted by Gasteiger charge is 2.56. The Hall–Kier alpha value is -1.86. The lowest BCUT2D eigenvalue weighted by Gasteiger charge is -2.43. The van der Waals surface area contributed by atoms with Gasteiger partial charge in [0, 0.05) is 17.2 Å². The van der Waals surface area contributed by atoms with E-state index in [9.17, 15) is 19.5 Å². The van der Waals surface area contributed by atoms with Crippen molar-refractivity contribution in [2.24, 2.45) is 11.8 Å². The van der Waals surface area contributed by atoms with Crippen LogP contribution in [0.5, 0.6) is 0 Å². The highest BCUT2D eigenvalue weighted by atomic mass is 32.2. The molecule has 4 atom stereocenters. The molecule has 0 aromatic heterocycles. The van der Waals surface area contributed by atoms with Gasteiger partial charge in [0.15, 0.2) is 5.78 Å². The van der Waals surface area contributed by atoms with E-state index in [4.69, 9.17) is 9.47 Å². The second-order valence-corrected chi connectivity index (χ2v) is 7.18. The first kappa shape index (κ1) is 19.5. The molecule has 1 aromatic carbocycles. The van der Waals surface area contributed by atoms with E-state index in [1.807, 2.05) is 18.4 Å². The summed E-state index contributed by atoms with van der Waals surface area (Å²) in [5.41, 5.74) is -1.01. The molecule has 1 aliphatic carbocycles. The fourth-order valence-corrected chi connectivity index (χ4v) is 3.90. The van der Waals surface area contributed by atoms with Crippen LogP contribution in [0.15, 0.2) is 29.2 Å². The number of methoxy groups -OCH3 is 2. The van der Waals surface area contributed by atoms with Crippen molar-refractivity contribution in [3.8, 4) is 0 Å². The summed E-state index contributed by atoms with van der Waals surface area (Å²) < 4.78 is 9.64. The average Bonchev–Trinajstić information content (AvgIpc) is 2.59. The van der Waals surface area contributed by atoms with Gasteiger partial charge < -0.3 is 14.6 Å². The molecule has 2 rings (SSSR count). The molecule has 0 aliphatic heterocycles. The number of hydrogen-bond donors (Lipinski definition) is 1. The molecular weight excluding hydrogens is 344 g/mol. The van der Waals surface area contributed by atoms with Gasteiger partial charge in [-0.3, -0.25) is 14.4 Å². The van der Waals surface area contributed by atoms with E-state index in [-0.39, 0.29) is 6.42 Å². The minimum atomic E-state index is -1.61. The van der Waals surface area contributed by atoms with Crippen LogP contribution in [-0.4, -0.2) is 48.9 Å². The predicted molar refractivity (Wildman–Crippen MR) is 92.2 cm³/mol. The summed E-state index contributed by atoms with van der Waals surface area (Å²) in [6.45, 7) is 1.42. The van der Waals surface area contributed by atoms with Gasteiger partial charge in [0.1, 0.15) is 5.92 Å². The molecule has 1 fully saturated rings. The molecule has 1 N–H and O–H groups in total. The van der Waals surface area contributed by atoms with E-state index >= 15 is 0 Å². The van der Waals surface area contributed by atoms with Gasteiger partial charge in [-0.25, -0.2) is 0 Å². The van der Waals surface area contributed by atoms with Crippen LogP contribution < -0.4 is 0 Å². The van der Waals surface area contributed by atoms with Crippen molar-refractivity contribution in [1.29, 1.82) is 0 Å². The Morgan fingerprint density at radius 2 is 1.72 bits per heavy atom. The van der Waals surface area contributed by atoms with Gasteiger partial charge in [0.2, 0.25) is 0 Å². The highest BCUT2D eigenvalue weighted by molar-refractivity contribution is 7.98. The number of carbonyl (C=O) groups is 3. The van der Waals surface area contributed by atoms with Crippen molar-refractivity contribution in [3.63, 3.8) is 0 Å². The van der Waals surface area contributed by atoms with Crippen molar-refractivity contribution in [1.82, 2.24) is 0 Å². The minimum absolute atomic E-state index is 0.314. The Morgan fingerprint density at radius 3 is 2.20 bits per heavy atom. The molecule has 1 aliphatic rings. The van der Waals surface area contributed by atoms with Crippen LogP contribution in [0.25, 0.3) is 0 Å². The lowest BCUT2D eigenvalue weighted by atomic mass is 9.62. The highest BCUT2D eigenvalue weighted by Crippen LogP contribution is 2.46. The third-order valence-electron chi connectivity index (χ3n) is 4.68. The Labute approximate surface area is 150 Å². The summed E-state index contributed by atoms with van der Waals surface area (Å²) in [6, 6.07) is 7.21. The van der Waals surface area contributed by atoms with E-state index < -0.39 is 41.1 Å². The lowest BCUT2D eigenvalue weighted by molar-refractivity contribution is -0.170. The molecule has 0 amide bonds. The number of ketones is 1. The Kier molecular flexibility index (Phi) is 5.90. The van der Waals surface area contributed by atoms with Crippen molar-refractivity contribution < 1.29 is 29.0 Å². The predicted octanol–water partition coefficient (Wildman–Crippen LogP) is 1.79. The zero-order chi connectivity index (χ0) is 18.8. The normalized spacial score (nSPS) is 29.2. The number of thioether (sulfide) groups is 1. The molecule has 0 saturated heterocycles. The molecule has 25 heavy (non-hydrogen) atoms. The van der Waals surface area contributed by atoms with Gasteiger partial charge >= 0.3 is 11.9 Å². The van der Waals surface area contributed by atoms with Crippen LogP contribution in [0.3, 0.4) is 0 Å². The largest absolute Gasteiger partial charge is 0.469 e. The smallest absolute Gasteiger partial charge is 0.316 e. The third-order valence-corrected chi connectivity index (χ3v) is 5.42. The maximum atomic E-state index is 12.6. The quantitative estimate of drug-likeness (QED) is 0.494. The summed E-state index contributed by atoms with van der Waals surface area (Å²) in [7, 11) is 2.42. The molecule has 136 valence electrons. The number of ether oxygens (including phenoxy) is 2. The molecule has 0 radical (unpaired) electrons. The Balaban J connectivity index is 2.61. The molecule has 1 aromatic rings. The topological polar surface area (TPSA) is 89.9 Å². The molecule has 6 nitrogen and oxygen atoms in total. The van der Waals surface area contributed by atoms with Gasteiger partial charge in [0.25, 0.3) is 0 Å². The van der Waals surface area contributed by atoms with Crippen molar-refractivity contribution in [2.45, 2.75) is 29.8 Å². The number of rotatable bonds is 4. The van der Waals surface area contributed by atoms with Gasteiger partial charge in [-0.05, 0) is 30.9 Å². The van der Waals surface area contributed by atoms with Crippen molar-refractivity contribution >= 4 is 29.5 Å². The number of benzene rings is 1. The van der Waals surface area contributed by atoms with Crippen LogP contribution in [0.1, 0.15) is 24.8 Å². The zero-order valence-electron chi connectivity index (χ0n) is 14.6. The first-order chi connectivity index (χ1) is 11.8. The van der Waals surface area contributed by atoms with Crippen LogP contribution in [0, 0.1) is 11.8 Å². The minimum Gasteiger partial charge on any atom is -0.469 e. The summed E-state index contributed by atoms with van der Waals surface area (Å²) in [5, 5.41) is 10.7. The second kappa shape index (κ2) is 7.58. The lowest BCUT2D eigenvalue weighted by Crippen LogP contribution is -2.55. The fourth-order valence-electron chi connectivity index (χ4n) is 3.50. The van der Waals surface area contributed by atoms with Crippen LogP contribution in [0.4, 0.5) is 0 Å². The Bertz CT molecular complexity index is 667. The number of carbonyl (C=O) groups excluding carboxylic acids is 3. The van der Waals surface area contributed by atoms with Crippen LogP contribution >= 0.6 is 11.8 Å². The molecule has 0 unspecified atom stereocenters. The average molecular weight is 366 g/mol. The second-order valence-electron chi connectivity index (χ2n) is 6.30. The molecule has 7 heteroatoms. The van der Waals surface area contributed by atoms with E-state index in [0.717, 1.165) is 4.90 Å². The number of Topliss-reactive ketones (excluding diaryl/α,β-unsaturated/α-hetero) is 1. The summed E-state index contributed by atoms with van der Waals surface area (Å²) in [5.74, 6) is -4.89. The molecular formula is C18H22O6S. The first-order valence-corrected chi connectivity index (χ1v) is 9.04. The van der Waals surface area contributed by atoms with Gasteiger partial charge in [-0.2, -0.15) is 0 Å². The number of hydrogen-bond acceptors (Lipinski definition) is 7. The SMILES string of the molecule is COC(=O)[C@@H]1C(=O)C[C@](C)(O)[C@@H](C(=O)OC)[C@H]1c1ccc(SC)cc1. The van der Waals surface area contributed by atoms with E-state index in [1.165, 1.54) is 21.1 Å². The monoisotopic (exact) mass is 366 g/mol. The maximum absolute atomic E-state index is 12.6. The standard InChI is InChI=1S/C18H22O6S/c1-18(22)9-12(19)14(16(20)23-2)13(15(18)17(21)24-3)10-5-7-11(25-4)8-6-10/h5-8,13-15,22H,9H2,1-4H3/t13-,14+,15+,18-/m0/s1. The van der Waals surface area contributed by atoms with E-state index in [2.05, 4.69) is 0 Å². The van der Waals surface area contributed by atoms with Crippen LogP contribution in [-0.2, 0) is 23.9 Å².